The number of hydrogen-bond acceptors (Lipinski definition) is 3. The van der Waals surface area contributed by atoms with Gasteiger partial charge in [0.25, 0.3) is 0 Å². The van der Waals surface area contributed by atoms with Gasteiger partial charge in [-0.25, -0.2) is 0 Å². The first-order chi connectivity index (χ1) is 7.67. The van der Waals surface area contributed by atoms with E-state index in [9.17, 15) is 0 Å². The molecule has 0 aliphatic carbocycles. The summed E-state index contributed by atoms with van der Waals surface area (Å²) in [4.78, 5) is 4.32. The number of rotatable bonds is 1. The molecule has 0 spiro atoms. The monoisotopic (exact) mass is 211 g/mol. The van der Waals surface area contributed by atoms with E-state index in [1.54, 1.807) is 6.20 Å². The molecule has 1 heterocycles. The van der Waals surface area contributed by atoms with Crippen LogP contribution in [0.5, 0.6) is 0 Å². The molecule has 0 amide bonds. The Kier molecular flexibility index (Phi) is 2.49. The number of aryl methyl sites for hydroxylation is 2. The number of nitriles is 1. The van der Waals surface area contributed by atoms with Crippen molar-refractivity contribution in [2.24, 2.45) is 0 Å². The first-order valence-corrected chi connectivity index (χ1v) is 5.15. The molecule has 0 atom stereocenters. The van der Waals surface area contributed by atoms with Crippen molar-refractivity contribution < 1.29 is 0 Å². The van der Waals surface area contributed by atoms with Crippen molar-refractivity contribution in [1.29, 1.82) is 5.26 Å². The molecule has 0 fully saturated rings. The predicted molar refractivity (Wildman–Crippen MR) is 65.5 cm³/mol. The van der Waals surface area contributed by atoms with Crippen LogP contribution >= 0.6 is 0 Å². The van der Waals surface area contributed by atoms with Gasteiger partial charge in [0.05, 0.1) is 16.8 Å². The van der Waals surface area contributed by atoms with Crippen LogP contribution in [0.2, 0.25) is 0 Å². The standard InChI is InChI=1S/C13H13N3/c1-8-4-9(2)12-11(5-8)16-7-10(6-14)13(12)15-3/h4-5,7H,1-3H3,(H,15,16). The second kappa shape index (κ2) is 3.82. The van der Waals surface area contributed by atoms with Crippen LogP contribution in [0.4, 0.5) is 5.69 Å². The highest BCUT2D eigenvalue weighted by Gasteiger charge is 2.09. The summed E-state index contributed by atoms with van der Waals surface area (Å²) >= 11 is 0. The zero-order chi connectivity index (χ0) is 11.7. The Balaban J connectivity index is 2.93. The Morgan fingerprint density at radius 1 is 1.31 bits per heavy atom. The third kappa shape index (κ3) is 1.49. The zero-order valence-electron chi connectivity index (χ0n) is 9.63. The molecular weight excluding hydrogens is 198 g/mol. The highest BCUT2D eigenvalue weighted by atomic mass is 14.8. The van der Waals surface area contributed by atoms with Gasteiger partial charge < -0.3 is 5.32 Å². The fourth-order valence-corrected chi connectivity index (χ4v) is 2.05. The topological polar surface area (TPSA) is 48.7 Å². The maximum absolute atomic E-state index is 9.02. The molecule has 0 unspecified atom stereocenters. The highest BCUT2D eigenvalue weighted by Crippen LogP contribution is 2.28. The molecule has 0 radical (unpaired) electrons. The number of nitrogens with one attached hydrogen (secondary N) is 1. The van der Waals surface area contributed by atoms with E-state index in [1.807, 2.05) is 27.0 Å². The van der Waals surface area contributed by atoms with Gasteiger partial charge in [0.15, 0.2) is 0 Å². The van der Waals surface area contributed by atoms with Crippen molar-refractivity contribution in [2.75, 3.05) is 12.4 Å². The molecule has 16 heavy (non-hydrogen) atoms. The van der Waals surface area contributed by atoms with Gasteiger partial charge in [-0.15, -0.1) is 0 Å². The van der Waals surface area contributed by atoms with Gasteiger partial charge in [0.1, 0.15) is 6.07 Å². The largest absolute Gasteiger partial charge is 0.386 e. The molecule has 1 aromatic heterocycles. The molecular formula is C13H13N3. The molecule has 80 valence electrons. The van der Waals surface area contributed by atoms with Crippen molar-refractivity contribution in [1.82, 2.24) is 4.98 Å². The summed E-state index contributed by atoms with van der Waals surface area (Å²) in [7, 11) is 1.83. The van der Waals surface area contributed by atoms with Gasteiger partial charge in [-0.05, 0) is 31.0 Å². The van der Waals surface area contributed by atoms with Gasteiger partial charge in [0, 0.05) is 18.6 Å². The van der Waals surface area contributed by atoms with Crippen LogP contribution in [-0.4, -0.2) is 12.0 Å². The lowest BCUT2D eigenvalue weighted by atomic mass is 10.0. The van der Waals surface area contributed by atoms with Crippen LogP contribution in [0.25, 0.3) is 10.9 Å². The van der Waals surface area contributed by atoms with E-state index in [4.69, 9.17) is 5.26 Å². The van der Waals surface area contributed by atoms with E-state index in [0.29, 0.717) is 5.56 Å². The summed E-state index contributed by atoms with van der Waals surface area (Å²) < 4.78 is 0. The second-order valence-corrected chi connectivity index (χ2v) is 3.88. The molecule has 0 aliphatic heterocycles. The fourth-order valence-electron chi connectivity index (χ4n) is 2.05. The Morgan fingerprint density at radius 2 is 2.06 bits per heavy atom. The van der Waals surface area contributed by atoms with Gasteiger partial charge in [-0.3, -0.25) is 4.98 Å². The first kappa shape index (κ1) is 10.4. The molecule has 2 aromatic rings. The minimum Gasteiger partial charge on any atom is -0.386 e. The molecule has 0 aliphatic rings. The molecule has 3 nitrogen and oxygen atoms in total. The van der Waals surface area contributed by atoms with Crippen LogP contribution in [0.1, 0.15) is 16.7 Å². The van der Waals surface area contributed by atoms with Gasteiger partial charge in [-0.2, -0.15) is 5.26 Å². The Hall–Kier alpha value is -2.08. The second-order valence-electron chi connectivity index (χ2n) is 3.88. The number of pyridine rings is 1. The van der Waals surface area contributed by atoms with Crippen LogP contribution < -0.4 is 5.32 Å². The summed E-state index contributed by atoms with van der Waals surface area (Å²) in [6.07, 6.45) is 1.62. The zero-order valence-corrected chi connectivity index (χ0v) is 9.63. The number of benzene rings is 1. The summed E-state index contributed by atoms with van der Waals surface area (Å²) in [6.45, 7) is 4.09. The smallest absolute Gasteiger partial charge is 0.103 e. The van der Waals surface area contributed by atoms with E-state index >= 15 is 0 Å². The number of hydrogen-bond donors (Lipinski definition) is 1. The van der Waals surface area contributed by atoms with E-state index in [0.717, 1.165) is 22.2 Å². The van der Waals surface area contributed by atoms with Crippen LogP contribution in [0.3, 0.4) is 0 Å². The van der Waals surface area contributed by atoms with Crippen molar-refractivity contribution in [3.63, 3.8) is 0 Å². The molecule has 1 aromatic carbocycles. The number of aromatic nitrogens is 1. The van der Waals surface area contributed by atoms with Crippen LogP contribution in [-0.2, 0) is 0 Å². The minimum atomic E-state index is 0.585. The van der Waals surface area contributed by atoms with E-state index in [-0.39, 0.29) is 0 Å². The van der Waals surface area contributed by atoms with E-state index in [2.05, 4.69) is 22.4 Å². The number of anilines is 1. The third-order valence-electron chi connectivity index (χ3n) is 2.68. The average molecular weight is 211 g/mol. The molecule has 0 bridgehead atoms. The summed E-state index contributed by atoms with van der Waals surface area (Å²) in [5.74, 6) is 0. The van der Waals surface area contributed by atoms with Crippen LogP contribution in [0, 0.1) is 25.2 Å². The number of fused-ring (bicyclic) bond motifs is 1. The number of nitrogens with zero attached hydrogens (tertiary/aromatic N) is 2. The molecule has 0 saturated carbocycles. The Labute approximate surface area is 94.7 Å². The molecule has 2 rings (SSSR count). The predicted octanol–water partition coefficient (Wildman–Crippen LogP) is 2.77. The Morgan fingerprint density at radius 3 is 2.69 bits per heavy atom. The average Bonchev–Trinajstić information content (AvgIpc) is 2.27. The lowest BCUT2D eigenvalue weighted by Crippen LogP contribution is -1.97. The van der Waals surface area contributed by atoms with Gasteiger partial charge in [-0.1, -0.05) is 6.07 Å². The SMILES string of the molecule is CNc1c(C#N)cnc2cc(C)cc(C)c12. The molecule has 1 N–H and O–H groups in total. The van der Waals surface area contributed by atoms with Crippen molar-refractivity contribution >= 4 is 16.6 Å². The first-order valence-electron chi connectivity index (χ1n) is 5.15. The quantitative estimate of drug-likeness (QED) is 0.789. The van der Waals surface area contributed by atoms with Gasteiger partial charge in [0.2, 0.25) is 0 Å². The summed E-state index contributed by atoms with van der Waals surface area (Å²) in [6, 6.07) is 6.29. The van der Waals surface area contributed by atoms with E-state index in [1.165, 1.54) is 5.56 Å². The van der Waals surface area contributed by atoms with Crippen molar-refractivity contribution in [3.8, 4) is 6.07 Å². The van der Waals surface area contributed by atoms with Gasteiger partial charge >= 0.3 is 0 Å². The van der Waals surface area contributed by atoms with E-state index < -0.39 is 0 Å². The summed E-state index contributed by atoms with van der Waals surface area (Å²) in [5.41, 5.74) is 4.71. The highest BCUT2D eigenvalue weighted by molar-refractivity contribution is 5.96. The normalized spacial score (nSPS) is 10.1. The van der Waals surface area contributed by atoms with Crippen molar-refractivity contribution in [3.05, 3.63) is 35.0 Å². The third-order valence-corrected chi connectivity index (χ3v) is 2.68. The van der Waals surface area contributed by atoms with Crippen LogP contribution in [0.15, 0.2) is 18.3 Å². The fraction of sp³-hybridized carbons (Fsp3) is 0.231. The molecule has 0 saturated heterocycles. The van der Waals surface area contributed by atoms with Crippen molar-refractivity contribution in [2.45, 2.75) is 13.8 Å². The summed E-state index contributed by atoms with van der Waals surface area (Å²) in [5, 5.41) is 13.1. The molecule has 3 heteroatoms. The maximum atomic E-state index is 9.02. The lowest BCUT2D eigenvalue weighted by molar-refractivity contribution is 1.32. The maximum Gasteiger partial charge on any atom is 0.103 e. The minimum absolute atomic E-state index is 0.585. The lowest BCUT2D eigenvalue weighted by Gasteiger charge is -2.10. The Bertz CT molecular complexity index is 594.